The molecular weight excluding hydrogens is 512 g/mol. The van der Waals surface area contributed by atoms with E-state index in [1.165, 1.54) is 11.1 Å². The number of pyridine rings is 1. The van der Waals surface area contributed by atoms with E-state index < -0.39 is 5.41 Å². The summed E-state index contributed by atoms with van der Waals surface area (Å²) in [6.45, 7) is 6.89. The number of aromatic amines is 2. The number of rotatable bonds is 7. The van der Waals surface area contributed by atoms with Gasteiger partial charge in [-0.3, -0.25) is 14.9 Å². The molecule has 1 aliphatic rings. The summed E-state index contributed by atoms with van der Waals surface area (Å²) in [6, 6.07) is 18.6. The second kappa shape index (κ2) is 11.0. The first-order valence-electron chi connectivity index (χ1n) is 14.0. The zero-order valence-electron chi connectivity index (χ0n) is 23.2. The number of H-pyrrole nitrogens is 2. The summed E-state index contributed by atoms with van der Waals surface area (Å²) in [5.41, 5.74) is 6.85. The Morgan fingerprint density at radius 2 is 1.93 bits per heavy atom. The van der Waals surface area contributed by atoms with E-state index in [1.807, 2.05) is 48.8 Å². The molecule has 3 aromatic heterocycles. The Kier molecular flexibility index (Phi) is 7.08. The summed E-state index contributed by atoms with van der Waals surface area (Å²) in [5, 5.41) is 21.9. The number of hydrogen-bond donors (Lipinski definition) is 3. The molecule has 0 spiro atoms. The topological polar surface area (TPSA) is 126 Å². The minimum atomic E-state index is -0.567. The van der Waals surface area contributed by atoms with Gasteiger partial charge in [0.1, 0.15) is 11.4 Å². The SMILES string of the molecule is CCNCc1cncc(-c2ccc3[nH]nc(-c4ncc(C(=O)N5CCC(C#N)(c6ccccc6)CC5)[nH]4)c3c2)c1C. The first kappa shape index (κ1) is 26.4. The molecule has 41 heavy (non-hydrogen) atoms. The standard InChI is InChI=1S/C32H32N8O/c1-3-34-16-23-17-35-18-26(21(23)2)22-9-10-27-25(15-22)29(39-38-27)30-36-19-28(37-30)31(41)40-13-11-32(20-33,12-14-40)24-7-5-4-6-8-24/h4-10,15,17-19,34H,3,11-14,16H2,1-2H3,(H,36,37)(H,38,39). The lowest BCUT2D eigenvalue weighted by Crippen LogP contribution is -2.44. The Morgan fingerprint density at radius 1 is 1.12 bits per heavy atom. The minimum Gasteiger partial charge on any atom is -0.337 e. The van der Waals surface area contributed by atoms with Crippen LogP contribution >= 0.6 is 0 Å². The van der Waals surface area contributed by atoms with E-state index in [1.54, 1.807) is 11.1 Å². The molecule has 1 fully saturated rings. The number of piperidine rings is 1. The highest BCUT2D eigenvalue weighted by molar-refractivity contribution is 5.96. The highest BCUT2D eigenvalue weighted by Crippen LogP contribution is 2.36. The molecule has 1 saturated heterocycles. The van der Waals surface area contributed by atoms with Gasteiger partial charge in [-0.2, -0.15) is 10.4 Å². The molecule has 0 atom stereocenters. The van der Waals surface area contributed by atoms with Crippen LogP contribution < -0.4 is 5.32 Å². The Morgan fingerprint density at radius 3 is 2.68 bits per heavy atom. The number of benzene rings is 2. The van der Waals surface area contributed by atoms with E-state index in [0.29, 0.717) is 43.1 Å². The molecule has 1 aliphatic heterocycles. The number of hydrogen-bond acceptors (Lipinski definition) is 6. The molecule has 0 unspecified atom stereocenters. The first-order chi connectivity index (χ1) is 20.0. The molecule has 9 heteroatoms. The highest BCUT2D eigenvalue weighted by atomic mass is 16.2. The van der Waals surface area contributed by atoms with Crippen LogP contribution in [0.4, 0.5) is 0 Å². The van der Waals surface area contributed by atoms with Crippen molar-refractivity contribution in [1.82, 2.24) is 35.4 Å². The van der Waals surface area contributed by atoms with E-state index in [2.05, 4.69) is 62.5 Å². The van der Waals surface area contributed by atoms with Crippen LogP contribution in [0.15, 0.2) is 67.1 Å². The maximum atomic E-state index is 13.4. The Hall–Kier alpha value is -4.81. The zero-order chi connectivity index (χ0) is 28.4. The van der Waals surface area contributed by atoms with E-state index in [9.17, 15) is 10.1 Å². The number of likely N-dealkylation sites (tertiary alicyclic amines) is 1. The molecule has 3 N–H and O–H groups in total. The van der Waals surface area contributed by atoms with Gasteiger partial charge in [-0.1, -0.05) is 43.3 Å². The number of aromatic nitrogens is 5. The van der Waals surface area contributed by atoms with Gasteiger partial charge in [0.25, 0.3) is 5.91 Å². The van der Waals surface area contributed by atoms with Crippen molar-refractivity contribution in [2.75, 3.05) is 19.6 Å². The molecule has 9 nitrogen and oxygen atoms in total. The minimum absolute atomic E-state index is 0.122. The van der Waals surface area contributed by atoms with Gasteiger partial charge in [0.15, 0.2) is 5.82 Å². The lowest BCUT2D eigenvalue weighted by atomic mass is 9.74. The van der Waals surface area contributed by atoms with Gasteiger partial charge < -0.3 is 15.2 Å². The summed E-state index contributed by atoms with van der Waals surface area (Å²) in [5.74, 6) is 0.406. The third kappa shape index (κ3) is 4.87. The van der Waals surface area contributed by atoms with Gasteiger partial charge in [-0.05, 0) is 60.7 Å². The molecule has 6 rings (SSSR count). The fourth-order valence-corrected chi connectivity index (χ4v) is 5.69. The number of nitrogens with one attached hydrogen (secondary N) is 3. The number of amides is 1. The molecule has 0 saturated carbocycles. The van der Waals surface area contributed by atoms with Crippen LogP contribution in [0.5, 0.6) is 0 Å². The molecule has 1 amide bonds. The Bertz CT molecular complexity index is 1740. The maximum absolute atomic E-state index is 13.4. The van der Waals surface area contributed by atoms with Crippen molar-refractivity contribution in [2.45, 2.75) is 38.6 Å². The largest absolute Gasteiger partial charge is 0.337 e. The lowest BCUT2D eigenvalue weighted by molar-refractivity contribution is 0.0686. The maximum Gasteiger partial charge on any atom is 0.271 e. The summed E-state index contributed by atoms with van der Waals surface area (Å²) < 4.78 is 0. The Labute approximate surface area is 238 Å². The second-order valence-electron chi connectivity index (χ2n) is 10.6. The highest BCUT2D eigenvalue weighted by Gasteiger charge is 2.38. The van der Waals surface area contributed by atoms with E-state index >= 15 is 0 Å². The molecule has 0 aliphatic carbocycles. The summed E-state index contributed by atoms with van der Waals surface area (Å²) in [4.78, 5) is 27.4. The van der Waals surface area contributed by atoms with Crippen molar-refractivity contribution in [3.05, 3.63) is 89.5 Å². The van der Waals surface area contributed by atoms with Crippen LogP contribution in [-0.2, 0) is 12.0 Å². The predicted molar refractivity (Wildman–Crippen MR) is 158 cm³/mol. The van der Waals surface area contributed by atoms with E-state index in [4.69, 9.17) is 0 Å². The molecule has 0 bridgehead atoms. The smallest absolute Gasteiger partial charge is 0.271 e. The van der Waals surface area contributed by atoms with Crippen LogP contribution in [0.3, 0.4) is 0 Å². The van der Waals surface area contributed by atoms with Crippen molar-refractivity contribution in [3.8, 4) is 28.7 Å². The number of fused-ring (bicyclic) bond motifs is 1. The van der Waals surface area contributed by atoms with Gasteiger partial charge in [0, 0.05) is 43.0 Å². The molecule has 206 valence electrons. The molecule has 4 heterocycles. The third-order valence-corrected chi connectivity index (χ3v) is 8.23. The third-order valence-electron chi connectivity index (χ3n) is 8.23. The van der Waals surface area contributed by atoms with Crippen LogP contribution in [0.25, 0.3) is 33.5 Å². The van der Waals surface area contributed by atoms with Crippen molar-refractivity contribution in [3.63, 3.8) is 0 Å². The predicted octanol–water partition coefficient (Wildman–Crippen LogP) is 5.13. The van der Waals surface area contributed by atoms with E-state index in [0.717, 1.165) is 40.7 Å². The van der Waals surface area contributed by atoms with Crippen LogP contribution in [-0.4, -0.2) is 55.6 Å². The molecule has 5 aromatic rings. The lowest BCUT2D eigenvalue weighted by Gasteiger charge is -2.37. The summed E-state index contributed by atoms with van der Waals surface area (Å²) in [7, 11) is 0. The van der Waals surface area contributed by atoms with Gasteiger partial charge in [0.05, 0.1) is 23.2 Å². The summed E-state index contributed by atoms with van der Waals surface area (Å²) in [6.07, 6.45) is 6.57. The van der Waals surface area contributed by atoms with Crippen LogP contribution in [0, 0.1) is 18.3 Å². The van der Waals surface area contributed by atoms with Gasteiger partial charge in [-0.15, -0.1) is 0 Å². The normalized spacial score (nSPS) is 14.7. The summed E-state index contributed by atoms with van der Waals surface area (Å²) >= 11 is 0. The fourth-order valence-electron chi connectivity index (χ4n) is 5.69. The molecule has 0 radical (unpaired) electrons. The van der Waals surface area contributed by atoms with Gasteiger partial charge in [0.2, 0.25) is 0 Å². The van der Waals surface area contributed by atoms with Crippen LogP contribution in [0.2, 0.25) is 0 Å². The van der Waals surface area contributed by atoms with E-state index in [-0.39, 0.29) is 5.91 Å². The average molecular weight is 545 g/mol. The molecular formula is C32H32N8O. The number of nitriles is 1. The zero-order valence-corrected chi connectivity index (χ0v) is 23.2. The fraction of sp³-hybridized carbons (Fsp3) is 0.281. The molecule has 2 aromatic carbocycles. The number of carbonyl (C=O) groups excluding carboxylic acids is 1. The monoisotopic (exact) mass is 544 g/mol. The van der Waals surface area contributed by atoms with Gasteiger partial charge >= 0.3 is 0 Å². The number of imidazole rings is 1. The quantitative estimate of drug-likeness (QED) is 0.261. The van der Waals surface area contributed by atoms with Crippen molar-refractivity contribution in [1.29, 1.82) is 5.26 Å². The van der Waals surface area contributed by atoms with Gasteiger partial charge in [-0.25, -0.2) is 4.98 Å². The second-order valence-corrected chi connectivity index (χ2v) is 10.6. The number of nitrogens with zero attached hydrogens (tertiary/aromatic N) is 5. The van der Waals surface area contributed by atoms with Crippen molar-refractivity contribution in [2.24, 2.45) is 0 Å². The average Bonchev–Trinajstić information content (AvgIpc) is 3.68. The van der Waals surface area contributed by atoms with Crippen molar-refractivity contribution < 1.29 is 4.79 Å². The van der Waals surface area contributed by atoms with Crippen LogP contribution in [0.1, 0.15) is 46.9 Å². The first-order valence-corrected chi connectivity index (χ1v) is 14.0. The Balaban J connectivity index is 1.23. The van der Waals surface area contributed by atoms with Crippen molar-refractivity contribution >= 4 is 16.8 Å². The number of carbonyl (C=O) groups is 1.